The number of hydrogen-bond donors (Lipinski definition) is 3. The molecule has 6 atom stereocenters. The largest absolute Gasteiger partial charge is 0.468 e. The molecule has 3 aromatic rings. The number of methoxy groups -OCH3 is 1. The fraction of sp³-hybridized carbons (Fsp3) is 0.500. The van der Waals surface area contributed by atoms with Gasteiger partial charge in [0.25, 0.3) is 0 Å². The Labute approximate surface area is 219 Å². The van der Waals surface area contributed by atoms with E-state index in [9.17, 15) is 14.5 Å². The Bertz CT molecular complexity index is 1340. The van der Waals surface area contributed by atoms with Crippen LogP contribution in [0.25, 0.3) is 11.2 Å². The van der Waals surface area contributed by atoms with E-state index >= 15 is 4.39 Å². The van der Waals surface area contributed by atoms with Crippen molar-refractivity contribution in [1.82, 2.24) is 24.6 Å². The van der Waals surface area contributed by atoms with Gasteiger partial charge in [0.1, 0.15) is 23.1 Å². The van der Waals surface area contributed by atoms with Gasteiger partial charge < -0.3 is 24.3 Å². The number of halogens is 1. The maximum atomic E-state index is 16.0. The second kappa shape index (κ2) is 10.9. The number of aryl methyl sites for hydroxylation is 1. The summed E-state index contributed by atoms with van der Waals surface area (Å²) in [6, 6.07) is 6.41. The standard InChI is InChI=1S/C24H32FN6O6P/c1-14(23(33)35-5)30-38(34,37-17-9-7-6-8-10-17)36-12-16-11-18(24(3,25)20(16)32)31-13-27-19-21(26-4)28-15(2)29-22(19)31/h6-10,13-14,16,18,20,32H,11-12H2,1-5H3,(H,30,34)(H,26,28,29)/t14-,16-,18-,20-,24+,38+/m1/s1. The van der Waals surface area contributed by atoms with E-state index in [-0.39, 0.29) is 18.8 Å². The number of aromatic nitrogens is 4. The van der Waals surface area contributed by atoms with Crippen LogP contribution in [0, 0.1) is 12.8 Å². The van der Waals surface area contributed by atoms with Crippen LogP contribution in [0.4, 0.5) is 10.2 Å². The number of aliphatic hydroxyl groups excluding tert-OH is 1. The van der Waals surface area contributed by atoms with E-state index in [0.29, 0.717) is 22.8 Å². The van der Waals surface area contributed by atoms with Crippen molar-refractivity contribution in [3.8, 4) is 5.75 Å². The first kappa shape index (κ1) is 27.9. The lowest BCUT2D eigenvalue weighted by Crippen LogP contribution is -2.39. The quantitative estimate of drug-likeness (QED) is 0.252. The summed E-state index contributed by atoms with van der Waals surface area (Å²) < 4.78 is 47.3. The molecule has 3 N–H and O–H groups in total. The van der Waals surface area contributed by atoms with E-state index in [2.05, 4.69) is 25.4 Å². The molecule has 1 aliphatic carbocycles. The zero-order valence-electron chi connectivity index (χ0n) is 21.8. The second-order valence-electron chi connectivity index (χ2n) is 9.37. The number of benzene rings is 1. The molecule has 2 heterocycles. The van der Waals surface area contributed by atoms with Crippen molar-refractivity contribution in [3.63, 3.8) is 0 Å². The number of carbonyl (C=O) groups is 1. The van der Waals surface area contributed by atoms with Gasteiger partial charge >= 0.3 is 13.7 Å². The van der Waals surface area contributed by atoms with Crippen molar-refractivity contribution < 1.29 is 32.6 Å². The molecule has 38 heavy (non-hydrogen) atoms. The monoisotopic (exact) mass is 550 g/mol. The van der Waals surface area contributed by atoms with Crippen molar-refractivity contribution in [2.45, 2.75) is 51.0 Å². The summed E-state index contributed by atoms with van der Waals surface area (Å²) in [4.78, 5) is 25.1. The second-order valence-corrected chi connectivity index (χ2v) is 11.1. The SMILES string of the molecule is CNc1nc(C)nc2c1ncn2[C@@H]1C[C@H](CO[P@@](=O)(N[C@H](C)C(=O)OC)Oc2ccccc2)[C@@H](O)[C@@]1(C)F. The molecule has 14 heteroatoms. The number of rotatable bonds is 10. The molecule has 0 saturated heterocycles. The third-order valence-corrected chi connectivity index (χ3v) is 8.29. The molecular weight excluding hydrogens is 518 g/mol. The number of nitrogens with zero attached hydrogens (tertiary/aromatic N) is 4. The van der Waals surface area contributed by atoms with E-state index in [1.54, 1.807) is 48.9 Å². The van der Waals surface area contributed by atoms with Crippen molar-refractivity contribution in [2.24, 2.45) is 5.92 Å². The third-order valence-electron chi connectivity index (χ3n) is 6.64. The van der Waals surface area contributed by atoms with Crippen LogP contribution >= 0.6 is 7.75 Å². The van der Waals surface area contributed by atoms with E-state index < -0.39 is 43.5 Å². The van der Waals surface area contributed by atoms with Gasteiger partial charge in [-0.1, -0.05) is 18.2 Å². The Morgan fingerprint density at radius 1 is 1.34 bits per heavy atom. The third kappa shape index (κ3) is 5.51. The highest BCUT2D eigenvalue weighted by atomic mass is 31.2. The van der Waals surface area contributed by atoms with Crippen LogP contribution in [0.15, 0.2) is 36.7 Å². The molecule has 0 bridgehead atoms. The van der Waals surface area contributed by atoms with Gasteiger partial charge in [0, 0.05) is 13.0 Å². The van der Waals surface area contributed by atoms with Crippen LogP contribution in [0.1, 0.15) is 32.1 Å². The van der Waals surface area contributed by atoms with Gasteiger partial charge in [-0.2, -0.15) is 5.09 Å². The van der Waals surface area contributed by atoms with Crippen LogP contribution in [0.3, 0.4) is 0 Å². The number of esters is 1. The van der Waals surface area contributed by atoms with Gasteiger partial charge in [-0.3, -0.25) is 9.32 Å². The van der Waals surface area contributed by atoms with Gasteiger partial charge in [0.15, 0.2) is 17.1 Å². The highest BCUT2D eigenvalue weighted by Crippen LogP contribution is 2.50. The highest BCUT2D eigenvalue weighted by molar-refractivity contribution is 7.52. The Morgan fingerprint density at radius 2 is 2.05 bits per heavy atom. The number of imidazole rings is 1. The first-order chi connectivity index (χ1) is 18.0. The minimum absolute atomic E-state index is 0.134. The number of ether oxygens (including phenoxy) is 1. The Morgan fingerprint density at radius 3 is 2.71 bits per heavy atom. The average Bonchev–Trinajstić information content (AvgIpc) is 3.39. The topological polar surface area (TPSA) is 150 Å². The summed E-state index contributed by atoms with van der Waals surface area (Å²) >= 11 is 0. The Balaban J connectivity index is 1.57. The lowest BCUT2D eigenvalue weighted by atomic mass is 9.98. The number of aliphatic hydroxyl groups is 1. The number of para-hydroxylation sites is 1. The minimum Gasteiger partial charge on any atom is -0.468 e. The number of hydrogen-bond acceptors (Lipinski definition) is 10. The van der Waals surface area contributed by atoms with E-state index in [1.165, 1.54) is 27.3 Å². The average molecular weight is 551 g/mol. The molecule has 1 aromatic carbocycles. The van der Waals surface area contributed by atoms with Crippen molar-refractivity contribution in [3.05, 3.63) is 42.5 Å². The zero-order chi connectivity index (χ0) is 27.7. The predicted octanol–water partition coefficient (Wildman–Crippen LogP) is 3.18. The molecule has 1 aliphatic rings. The first-order valence-electron chi connectivity index (χ1n) is 12.1. The zero-order valence-corrected chi connectivity index (χ0v) is 22.7. The van der Waals surface area contributed by atoms with E-state index in [4.69, 9.17) is 13.8 Å². The van der Waals surface area contributed by atoms with Crippen LogP contribution < -0.4 is 14.9 Å². The van der Waals surface area contributed by atoms with Crippen molar-refractivity contribution in [1.29, 1.82) is 0 Å². The first-order valence-corrected chi connectivity index (χ1v) is 13.6. The number of carbonyl (C=O) groups excluding carboxylic acids is 1. The van der Waals surface area contributed by atoms with Crippen molar-refractivity contribution in [2.75, 3.05) is 26.1 Å². The fourth-order valence-corrected chi connectivity index (χ4v) is 6.19. The van der Waals surface area contributed by atoms with E-state index in [0.717, 1.165) is 0 Å². The van der Waals surface area contributed by atoms with E-state index in [1.807, 2.05) is 0 Å². The van der Waals surface area contributed by atoms with Crippen LogP contribution in [0.5, 0.6) is 5.75 Å². The number of fused-ring (bicyclic) bond motifs is 1. The Kier molecular flexibility index (Phi) is 8.03. The molecular formula is C24H32FN6O6P. The smallest absolute Gasteiger partial charge is 0.459 e. The molecule has 1 fully saturated rings. The fourth-order valence-electron chi connectivity index (χ4n) is 4.65. The molecule has 0 unspecified atom stereocenters. The summed E-state index contributed by atoms with van der Waals surface area (Å²) in [5, 5.41) is 16.5. The minimum atomic E-state index is -4.15. The van der Waals surface area contributed by atoms with Gasteiger partial charge in [0.2, 0.25) is 0 Å². The van der Waals surface area contributed by atoms with Gasteiger partial charge in [-0.15, -0.1) is 0 Å². The Hall–Kier alpha value is -3.12. The van der Waals surface area contributed by atoms with Crippen molar-refractivity contribution >= 4 is 30.7 Å². The van der Waals surface area contributed by atoms with Crippen LogP contribution in [-0.2, 0) is 18.6 Å². The summed E-state index contributed by atoms with van der Waals surface area (Å²) in [7, 11) is -1.25. The summed E-state index contributed by atoms with van der Waals surface area (Å²) in [5.41, 5.74) is -1.18. The molecule has 206 valence electrons. The number of anilines is 1. The maximum absolute atomic E-state index is 16.0. The molecule has 0 radical (unpaired) electrons. The molecule has 4 rings (SSSR count). The molecule has 12 nitrogen and oxygen atoms in total. The number of alkyl halides is 1. The number of nitrogens with one attached hydrogen (secondary N) is 2. The molecule has 0 spiro atoms. The van der Waals surface area contributed by atoms with Gasteiger partial charge in [0.05, 0.1) is 32.2 Å². The lowest BCUT2D eigenvalue weighted by Gasteiger charge is -2.28. The molecule has 2 aromatic heterocycles. The highest BCUT2D eigenvalue weighted by Gasteiger charge is 2.54. The lowest BCUT2D eigenvalue weighted by molar-refractivity contribution is -0.142. The summed E-state index contributed by atoms with van der Waals surface area (Å²) in [6.07, 6.45) is 0.149. The normalized spacial score (nSPS) is 25.6. The summed E-state index contributed by atoms with van der Waals surface area (Å²) in [5.74, 6) is -0.210. The molecule has 0 aliphatic heterocycles. The molecule has 1 saturated carbocycles. The van der Waals surface area contributed by atoms with Gasteiger partial charge in [-0.05, 0) is 39.3 Å². The van der Waals surface area contributed by atoms with Crippen LogP contribution in [0.2, 0.25) is 0 Å². The molecule has 0 amide bonds. The van der Waals surface area contributed by atoms with Crippen LogP contribution in [-0.4, -0.2) is 69.2 Å². The predicted molar refractivity (Wildman–Crippen MR) is 138 cm³/mol. The summed E-state index contributed by atoms with van der Waals surface area (Å²) in [6.45, 7) is 4.16. The maximum Gasteiger partial charge on any atom is 0.459 e. The van der Waals surface area contributed by atoms with Gasteiger partial charge in [-0.25, -0.2) is 23.9 Å².